The quantitative estimate of drug-likeness (QED) is 0.452. The Balaban J connectivity index is 2.65. The smallest absolute Gasteiger partial charge is 0.357 e. The van der Waals surface area contributed by atoms with Crippen molar-refractivity contribution in [3.63, 3.8) is 0 Å². The summed E-state index contributed by atoms with van der Waals surface area (Å²) >= 11 is 0. The van der Waals surface area contributed by atoms with E-state index < -0.39 is 11.7 Å². The molecule has 0 aliphatic carbocycles. The molecule has 0 atom stereocenters. The van der Waals surface area contributed by atoms with E-state index in [-0.39, 0.29) is 12.4 Å². The van der Waals surface area contributed by atoms with E-state index in [9.17, 15) is 4.79 Å². The van der Waals surface area contributed by atoms with Crippen molar-refractivity contribution < 1.29 is 9.90 Å². The minimum Gasteiger partial charge on any atom is -0.476 e. The van der Waals surface area contributed by atoms with E-state index in [1.54, 1.807) is 24.0 Å². The highest BCUT2D eigenvalue weighted by Gasteiger charge is 2.10. The lowest BCUT2D eigenvalue weighted by atomic mass is 10.3. The van der Waals surface area contributed by atoms with E-state index in [0.717, 1.165) is 0 Å². The Hall–Kier alpha value is -2.18. The highest BCUT2D eigenvalue weighted by atomic mass is 16.4. The van der Waals surface area contributed by atoms with Crippen LogP contribution in [0.1, 0.15) is 5.69 Å². The van der Waals surface area contributed by atoms with Crippen molar-refractivity contribution in [1.82, 2.24) is 9.78 Å². The average molecular weight is 209 g/mol. The third-order valence-electron chi connectivity index (χ3n) is 1.65. The van der Waals surface area contributed by atoms with Crippen molar-refractivity contribution in [1.29, 1.82) is 5.41 Å². The summed E-state index contributed by atoms with van der Waals surface area (Å²) in [6, 6.07) is 1.74. The predicted molar refractivity (Wildman–Crippen MR) is 53.9 cm³/mol. The molecule has 7 heteroatoms. The minimum absolute atomic E-state index is 0.169. The zero-order chi connectivity index (χ0) is 11.4. The fraction of sp³-hybridized carbons (Fsp3) is 0.250. The van der Waals surface area contributed by atoms with Gasteiger partial charge in [-0.1, -0.05) is 0 Å². The summed E-state index contributed by atoms with van der Waals surface area (Å²) in [5.74, 6) is -1.69. The van der Waals surface area contributed by atoms with Crippen molar-refractivity contribution in [2.24, 2.45) is 17.8 Å². The second-order valence-corrected chi connectivity index (χ2v) is 2.86. The molecule has 0 saturated heterocycles. The number of amidine groups is 1. The van der Waals surface area contributed by atoms with Gasteiger partial charge in [0, 0.05) is 13.2 Å². The molecule has 7 nitrogen and oxygen atoms in total. The average Bonchev–Trinajstić information content (AvgIpc) is 2.59. The van der Waals surface area contributed by atoms with Crippen molar-refractivity contribution in [2.45, 2.75) is 6.54 Å². The molecule has 15 heavy (non-hydrogen) atoms. The summed E-state index contributed by atoms with van der Waals surface area (Å²) < 4.78 is 1.60. The Morgan fingerprint density at radius 2 is 2.47 bits per heavy atom. The molecule has 0 bridgehead atoms. The van der Waals surface area contributed by atoms with E-state index >= 15 is 0 Å². The number of carboxylic acid groups (broad SMARTS) is 1. The number of aliphatic carboxylic acids is 1. The Kier molecular flexibility index (Phi) is 3.17. The van der Waals surface area contributed by atoms with Gasteiger partial charge in [-0.3, -0.25) is 15.1 Å². The molecule has 0 amide bonds. The van der Waals surface area contributed by atoms with E-state index in [1.807, 2.05) is 0 Å². The SMILES string of the molecule is Cn1ccc(CN=C(N)C(=N)C(=O)O)n1. The second-order valence-electron chi connectivity index (χ2n) is 2.86. The van der Waals surface area contributed by atoms with Gasteiger partial charge in [0.05, 0.1) is 12.2 Å². The fourth-order valence-corrected chi connectivity index (χ4v) is 0.902. The minimum atomic E-state index is -1.39. The molecule has 0 unspecified atom stereocenters. The first-order valence-electron chi connectivity index (χ1n) is 4.11. The molecule has 1 heterocycles. The van der Waals surface area contributed by atoms with Gasteiger partial charge in [-0.25, -0.2) is 4.79 Å². The summed E-state index contributed by atoms with van der Waals surface area (Å²) in [6.07, 6.45) is 1.74. The second kappa shape index (κ2) is 4.36. The molecule has 4 N–H and O–H groups in total. The molecule has 0 aromatic carbocycles. The van der Waals surface area contributed by atoms with Crippen molar-refractivity contribution in [3.8, 4) is 0 Å². The molecule has 1 aromatic rings. The van der Waals surface area contributed by atoms with Crippen molar-refractivity contribution >= 4 is 17.5 Å². The van der Waals surface area contributed by atoms with Crippen LogP contribution in [0.25, 0.3) is 0 Å². The van der Waals surface area contributed by atoms with Gasteiger partial charge in [0.1, 0.15) is 0 Å². The monoisotopic (exact) mass is 209 g/mol. The number of nitrogens with one attached hydrogen (secondary N) is 1. The van der Waals surface area contributed by atoms with Gasteiger partial charge in [0.2, 0.25) is 0 Å². The molecular formula is C8H11N5O2. The molecule has 1 rings (SSSR count). The highest BCUT2D eigenvalue weighted by molar-refractivity contribution is 6.63. The number of rotatable bonds is 4. The lowest BCUT2D eigenvalue weighted by molar-refractivity contribution is -0.129. The fourth-order valence-electron chi connectivity index (χ4n) is 0.902. The number of aromatic nitrogens is 2. The summed E-state index contributed by atoms with van der Waals surface area (Å²) in [5.41, 5.74) is 5.25. The maximum absolute atomic E-state index is 10.4. The predicted octanol–water partition coefficient (Wildman–Crippen LogP) is -0.618. The van der Waals surface area contributed by atoms with Gasteiger partial charge in [0.15, 0.2) is 11.5 Å². The van der Waals surface area contributed by atoms with Crippen LogP contribution in [-0.4, -0.2) is 32.4 Å². The summed E-state index contributed by atoms with van der Waals surface area (Å²) in [6.45, 7) is 0.169. The third-order valence-corrected chi connectivity index (χ3v) is 1.65. The van der Waals surface area contributed by atoms with Gasteiger partial charge in [-0.2, -0.15) is 5.10 Å². The van der Waals surface area contributed by atoms with Gasteiger partial charge in [-0.05, 0) is 6.07 Å². The molecule has 0 radical (unpaired) electrons. The zero-order valence-electron chi connectivity index (χ0n) is 8.14. The third kappa shape index (κ3) is 2.90. The Bertz CT molecular complexity index is 420. The van der Waals surface area contributed by atoms with Crippen LogP contribution >= 0.6 is 0 Å². The van der Waals surface area contributed by atoms with E-state index in [1.165, 1.54) is 0 Å². The van der Waals surface area contributed by atoms with Crippen LogP contribution in [0.3, 0.4) is 0 Å². The number of nitrogens with zero attached hydrogens (tertiary/aromatic N) is 3. The number of nitrogens with two attached hydrogens (primary N) is 1. The van der Waals surface area contributed by atoms with E-state index in [2.05, 4.69) is 10.1 Å². The van der Waals surface area contributed by atoms with Crippen LogP contribution < -0.4 is 5.73 Å². The molecule has 0 fully saturated rings. The highest BCUT2D eigenvalue weighted by Crippen LogP contribution is 1.96. The summed E-state index contributed by atoms with van der Waals surface area (Å²) in [4.78, 5) is 14.1. The van der Waals surface area contributed by atoms with Crippen molar-refractivity contribution in [2.75, 3.05) is 0 Å². The Morgan fingerprint density at radius 1 is 1.80 bits per heavy atom. The first-order valence-corrected chi connectivity index (χ1v) is 4.11. The molecule has 0 aliphatic rings. The molecular weight excluding hydrogens is 198 g/mol. The van der Waals surface area contributed by atoms with E-state index in [4.69, 9.17) is 16.2 Å². The topological polar surface area (TPSA) is 117 Å². The first kappa shape index (κ1) is 10.9. The summed E-state index contributed by atoms with van der Waals surface area (Å²) in [5, 5.41) is 19.5. The molecule has 0 saturated carbocycles. The van der Waals surface area contributed by atoms with Crippen LogP contribution in [0.15, 0.2) is 17.3 Å². The van der Waals surface area contributed by atoms with Gasteiger partial charge >= 0.3 is 5.97 Å². The normalized spacial score (nSPS) is 11.4. The largest absolute Gasteiger partial charge is 0.476 e. The Morgan fingerprint density at radius 3 is 2.93 bits per heavy atom. The zero-order valence-corrected chi connectivity index (χ0v) is 8.14. The van der Waals surface area contributed by atoms with Crippen LogP contribution in [-0.2, 0) is 18.4 Å². The maximum Gasteiger partial charge on any atom is 0.357 e. The number of aryl methyl sites for hydroxylation is 1. The van der Waals surface area contributed by atoms with Gasteiger partial charge < -0.3 is 10.8 Å². The van der Waals surface area contributed by atoms with Crippen LogP contribution in [0, 0.1) is 5.41 Å². The number of hydrogen-bond acceptors (Lipinski definition) is 4. The van der Waals surface area contributed by atoms with Gasteiger partial charge in [-0.15, -0.1) is 0 Å². The lowest BCUT2D eigenvalue weighted by Crippen LogP contribution is -2.30. The number of carboxylic acids is 1. The number of hydrogen-bond donors (Lipinski definition) is 3. The number of carbonyl (C=O) groups is 1. The van der Waals surface area contributed by atoms with E-state index in [0.29, 0.717) is 5.69 Å². The molecule has 80 valence electrons. The van der Waals surface area contributed by atoms with Crippen LogP contribution in [0.5, 0.6) is 0 Å². The number of aliphatic imine (C=N–C) groups is 1. The summed E-state index contributed by atoms with van der Waals surface area (Å²) in [7, 11) is 1.76. The molecule has 0 aliphatic heterocycles. The maximum atomic E-state index is 10.4. The van der Waals surface area contributed by atoms with Crippen molar-refractivity contribution in [3.05, 3.63) is 18.0 Å². The van der Waals surface area contributed by atoms with Crippen LogP contribution in [0.4, 0.5) is 0 Å². The van der Waals surface area contributed by atoms with Crippen LogP contribution in [0.2, 0.25) is 0 Å². The van der Waals surface area contributed by atoms with Gasteiger partial charge in [0.25, 0.3) is 0 Å². The standard InChI is InChI=1S/C8H11N5O2/c1-13-3-2-5(12-13)4-11-7(10)6(9)8(14)15/h2-3,9H,4H2,1H3,(H2,10,11)(H,14,15). The molecule has 0 spiro atoms. The first-order chi connectivity index (χ1) is 7.00. The Labute approximate surface area is 85.7 Å². The lowest BCUT2D eigenvalue weighted by Gasteiger charge is -1.96. The molecule has 1 aromatic heterocycles.